The third-order valence-electron chi connectivity index (χ3n) is 3.35. The van der Waals surface area contributed by atoms with Crippen LogP contribution in [0.25, 0.3) is 10.9 Å². The molecule has 0 radical (unpaired) electrons. The lowest BCUT2D eigenvalue weighted by Crippen LogP contribution is -2.06. The van der Waals surface area contributed by atoms with E-state index >= 15 is 0 Å². The number of benzene rings is 2. The Morgan fingerprint density at radius 1 is 1.10 bits per heavy atom. The second-order valence-corrected chi connectivity index (χ2v) is 4.57. The van der Waals surface area contributed by atoms with Crippen molar-refractivity contribution in [3.05, 3.63) is 71.4 Å². The van der Waals surface area contributed by atoms with Gasteiger partial charge in [-0.3, -0.25) is 4.79 Å². The Balaban J connectivity index is 2.15. The molecular formula is C16H11F2NO2. The van der Waals surface area contributed by atoms with Gasteiger partial charge in [0, 0.05) is 28.2 Å². The minimum Gasteiger partial charge on any atom is -0.455 e. The summed E-state index contributed by atoms with van der Waals surface area (Å²) in [6.45, 7) is 0.303. The SMILES string of the molecule is O=COC(c1ccc(F)c(F)c1)c1cccc2[nH]ccc12. The molecule has 0 fully saturated rings. The van der Waals surface area contributed by atoms with Crippen molar-refractivity contribution < 1.29 is 18.3 Å². The van der Waals surface area contributed by atoms with Crippen molar-refractivity contribution in [1.82, 2.24) is 4.98 Å². The minimum atomic E-state index is -0.978. The van der Waals surface area contributed by atoms with Crippen molar-refractivity contribution >= 4 is 17.4 Å². The van der Waals surface area contributed by atoms with Crippen molar-refractivity contribution in [2.24, 2.45) is 0 Å². The molecule has 0 aliphatic heterocycles. The number of fused-ring (bicyclic) bond motifs is 1. The van der Waals surface area contributed by atoms with Gasteiger partial charge in [-0.1, -0.05) is 18.2 Å². The molecule has 3 rings (SSSR count). The minimum absolute atomic E-state index is 0.303. The molecular weight excluding hydrogens is 276 g/mol. The molecule has 1 heterocycles. The number of ether oxygens (including phenoxy) is 1. The molecule has 0 amide bonds. The van der Waals surface area contributed by atoms with Gasteiger partial charge in [0.1, 0.15) is 0 Å². The number of hydrogen-bond acceptors (Lipinski definition) is 2. The van der Waals surface area contributed by atoms with E-state index in [9.17, 15) is 13.6 Å². The Morgan fingerprint density at radius 3 is 2.71 bits per heavy atom. The number of carbonyl (C=O) groups is 1. The van der Waals surface area contributed by atoms with E-state index in [0.29, 0.717) is 17.6 Å². The summed E-state index contributed by atoms with van der Waals surface area (Å²) in [6.07, 6.45) is 0.967. The highest BCUT2D eigenvalue weighted by Crippen LogP contribution is 2.31. The fourth-order valence-electron chi connectivity index (χ4n) is 2.40. The number of rotatable bonds is 4. The van der Waals surface area contributed by atoms with Crippen LogP contribution in [0.3, 0.4) is 0 Å². The average Bonchev–Trinajstić information content (AvgIpc) is 2.96. The zero-order valence-corrected chi connectivity index (χ0v) is 10.8. The van der Waals surface area contributed by atoms with E-state index < -0.39 is 17.7 Å². The van der Waals surface area contributed by atoms with Crippen LogP contribution in [0.4, 0.5) is 8.78 Å². The molecule has 0 spiro atoms. The smallest absolute Gasteiger partial charge is 0.294 e. The summed E-state index contributed by atoms with van der Waals surface area (Å²) in [7, 11) is 0. The van der Waals surface area contributed by atoms with E-state index in [1.165, 1.54) is 6.07 Å². The number of H-pyrrole nitrogens is 1. The molecule has 0 saturated heterocycles. The quantitative estimate of drug-likeness (QED) is 0.743. The highest BCUT2D eigenvalue weighted by Gasteiger charge is 2.19. The van der Waals surface area contributed by atoms with Crippen LogP contribution in [-0.2, 0) is 9.53 Å². The lowest BCUT2D eigenvalue weighted by Gasteiger charge is -2.17. The molecule has 0 saturated carbocycles. The molecule has 1 N–H and O–H groups in total. The van der Waals surface area contributed by atoms with Crippen molar-refractivity contribution in [1.29, 1.82) is 0 Å². The number of carbonyl (C=O) groups excluding carboxylic acids is 1. The first-order chi connectivity index (χ1) is 10.2. The van der Waals surface area contributed by atoms with Crippen LogP contribution in [-0.4, -0.2) is 11.5 Å². The maximum absolute atomic E-state index is 13.4. The van der Waals surface area contributed by atoms with Crippen molar-refractivity contribution in [3.8, 4) is 0 Å². The summed E-state index contributed by atoms with van der Waals surface area (Å²) in [6, 6.07) is 10.8. The molecule has 1 atom stereocenters. The van der Waals surface area contributed by atoms with E-state index in [1.54, 1.807) is 18.3 Å². The first-order valence-corrected chi connectivity index (χ1v) is 6.31. The second-order valence-electron chi connectivity index (χ2n) is 4.57. The Kier molecular flexibility index (Phi) is 3.39. The molecule has 21 heavy (non-hydrogen) atoms. The Labute approximate surface area is 119 Å². The van der Waals surface area contributed by atoms with Gasteiger partial charge in [-0.15, -0.1) is 0 Å². The topological polar surface area (TPSA) is 42.1 Å². The van der Waals surface area contributed by atoms with Crippen molar-refractivity contribution in [2.45, 2.75) is 6.10 Å². The number of aromatic nitrogens is 1. The molecule has 1 aromatic heterocycles. The van der Waals surface area contributed by atoms with Gasteiger partial charge in [-0.05, 0) is 24.3 Å². The van der Waals surface area contributed by atoms with Gasteiger partial charge in [0.15, 0.2) is 17.7 Å². The lowest BCUT2D eigenvalue weighted by atomic mass is 9.98. The fourth-order valence-corrected chi connectivity index (χ4v) is 2.40. The van der Waals surface area contributed by atoms with Crippen LogP contribution in [0.1, 0.15) is 17.2 Å². The first kappa shape index (κ1) is 13.3. The van der Waals surface area contributed by atoms with Crippen LogP contribution in [0.15, 0.2) is 48.7 Å². The van der Waals surface area contributed by atoms with Crippen LogP contribution in [0.2, 0.25) is 0 Å². The summed E-state index contributed by atoms with van der Waals surface area (Å²) in [4.78, 5) is 13.8. The molecule has 0 aliphatic carbocycles. The van der Waals surface area contributed by atoms with E-state index in [-0.39, 0.29) is 0 Å². The monoisotopic (exact) mass is 287 g/mol. The van der Waals surface area contributed by atoms with Crippen LogP contribution in [0, 0.1) is 11.6 Å². The summed E-state index contributed by atoms with van der Waals surface area (Å²) < 4.78 is 31.6. The average molecular weight is 287 g/mol. The van der Waals surface area contributed by atoms with Gasteiger partial charge in [0.05, 0.1) is 0 Å². The number of hydrogen-bond donors (Lipinski definition) is 1. The molecule has 1 unspecified atom stereocenters. The summed E-state index contributed by atoms with van der Waals surface area (Å²) in [5.74, 6) is -1.92. The van der Waals surface area contributed by atoms with Crippen molar-refractivity contribution in [3.63, 3.8) is 0 Å². The second kappa shape index (κ2) is 5.36. The normalized spacial score (nSPS) is 12.3. The van der Waals surface area contributed by atoms with Gasteiger partial charge in [-0.25, -0.2) is 8.78 Å². The molecule has 5 heteroatoms. The third kappa shape index (κ3) is 2.38. The van der Waals surface area contributed by atoms with E-state index in [1.807, 2.05) is 12.1 Å². The van der Waals surface area contributed by atoms with E-state index in [4.69, 9.17) is 4.74 Å². The zero-order chi connectivity index (χ0) is 14.8. The molecule has 3 aromatic rings. The third-order valence-corrected chi connectivity index (χ3v) is 3.35. The molecule has 2 aromatic carbocycles. The van der Waals surface area contributed by atoms with Gasteiger partial charge in [0.2, 0.25) is 0 Å². The van der Waals surface area contributed by atoms with Crippen LogP contribution in [0.5, 0.6) is 0 Å². The predicted molar refractivity (Wildman–Crippen MR) is 73.6 cm³/mol. The lowest BCUT2D eigenvalue weighted by molar-refractivity contribution is -0.132. The highest BCUT2D eigenvalue weighted by atomic mass is 19.2. The molecule has 0 aliphatic rings. The van der Waals surface area contributed by atoms with E-state index in [2.05, 4.69) is 4.98 Å². The van der Waals surface area contributed by atoms with Gasteiger partial charge in [0.25, 0.3) is 6.47 Å². The number of halogens is 2. The van der Waals surface area contributed by atoms with Gasteiger partial charge >= 0.3 is 0 Å². The van der Waals surface area contributed by atoms with Crippen LogP contribution >= 0.6 is 0 Å². The molecule has 106 valence electrons. The molecule has 3 nitrogen and oxygen atoms in total. The highest BCUT2D eigenvalue weighted by molar-refractivity contribution is 5.83. The fraction of sp³-hybridized carbons (Fsp3) is 0.0625. The maximum Gasteiger partial charge on any atom is 0.294 e. The standard InChI is InChI=1S/C16H11F2NO2/c17-13-5-4-10(8-14(13)18)16(21-9-20)12-2-1-3-15-11(12)6-7-19-15/h1-9,16,19H. The van der Waals surface area contributed by atoms with Gasteiger partial charge in [-0.2, -0.15) is 0 Å². The summed E-state index contributed by atoms with van der Waals surface area (Å²) in [5, 5.41) is 0.856. The summed E-state index contributed by atoms with van der Waals surface area (Å²) in [5.41, 5.74) is 1.94. The van der Waals surface area contributed by atoms with Crippen molar-refractivity contribution in [2.75, 3.05) is 0 Å². The Bertz CT molecular complexity index is 798. The molecule has 0 bridgehead atoms. The van der Waals surface area contributed by atoms with Crippen LogP contribution < -0.4 is 0 Å². The zero-order valence-electron chi connectivity index (χ0n) is 10.8. The van der Waals surface area contributed by atoms with Gasteiger partial charge < -0.3 is 9.72 Å². The summed E-state index contributed by atoms with van der Waals surface area (Å²) >= 11 is 0. The largest absolute Gasteiger partial charge is 0.455 e. The first-order valence-electron chi connectivity index (χ1n) is 6.31. The number of aromatic amines is 1. The Morgan fingerprint density at radius 2 is 1.95 bits per heavy atom. The predicted octanol–water partition coefficient (Wildman–Crippen LogP) is 3.71. The number of nitrogens with one attached hydrogen (secondary N) is 1. The Hall–Kier alpha value is -2.69. The van der Waals surface area contributed by atoms with E-state index in [0.717, 1.165) is 23.0 Å². The maximum atomic E-state index is 13.4.